The number of hydrogen-bond donors (Lipinski definition) is 0. The fraction of sp³-hybridized carbons (Fsp3) is 0.125. The summed E-state index contributed by atoms with van der Waals surface area (Å²) in [5.41, 5.74) is 2.07. The normalized spacial score (nSPS) is 10.6. The topological polar surface area (TPSA) is 75.1 Å². The molecule has 0 N–H and O–H groups in total. The molecule has 0 saturated carbocycles. The van der Waals surface area contributed by atoms with Gasteiger partial charge in [-0.05, 0) is 53.6 Å². The van der Waals surface area contributed by atoms with Crippen LogP contribution in [0.4, 0.5) is 4.39 Å². The number of halogens is 1. The van der Waals surface area contributed by atoms with Crippen molar-refractivity contribution < 1.29 is 13.6 Å². The number of rotatable bonds is 7. The minimum atomic E-state index is -0.359. The summed E-state index contributed by atoms with van der Waals surface area (Å²) in [5, 5.41) is 13.1. The predicted molar refractivity (Wildman–Crippen MR) is 111 cm³/mol. The average molecular weight is 414 g/mol. The monoisotopic (exact) mass is 414 g/mol. The largest absolute Gasteiger partial charge is 0.454 e. The van der Waals surface area contributed by atoms with E-state index in [0.717, 1.165) is 5.56 Å². The summed E-state index contributed by atoms with van der Waals surface area (Å²) in [6.45, 7) is 0.918. The Balaban J connectivity index is 1.57. The molecule has 31 heavy (non-hydrogen) atoms. The van der Waals surface area contributed by atoms with E-state index in [-0.39, 0.29) is 30.6 Å². The van der Waals surface area contributed by atoms with Crippen LogP contribution in [-0.4, -0.2) is 20.6 Å². The first-order valence-corrected chi connectivity index (χ1v) is 9.69. The van der Waals surface area contributed by atoms with Crippen LogP contribution in [0, 0.1) is 17.1 Å². The number of amides is 1. The standard InChI is InChI=1S/C24H19FN4O2/c25-21-4-1-3-20(13-21)16-28(15-19-7-5-18(14-26)6-8-19)24(30)23-10-9-22(31-23)17-29-12-2-11-27-29/h1-13H,15-17H2. The first-order chi connectivity index (χ1) is 15.1. The van der Waals surface area contributed by atoms with E-state index in [0.29, 0.717) is 23.4 Å². The molecule has 0 saturated heterocycles. The molecule has 0 aliphatic heterocycles. The molecular formula is C24H19FN4O2. The predicted octanol–water partition coefficient (Wildman–Crippen LogP) is 4.38. The molecule has 0 spiro atoms. The highest BCUT2D eigenvalue weighted by molar-refractivity contribution is 5.91. The Hall–Kier alpha value is -4.18. The van der Waals surface area contributed by atoms with E-state index in [1.807, 2.05) is 12.3 Å². The highest BCUT2D eigenvalue weighted by Gasteiger charge is 2.20. The van der Waals surface area contributed by atoms with E-state index in [9.17, 15) is 9.18 Å². The zero-order valence-electron chi connectivity index (χ0n) is 16.6. The number of nitrogens with zero attached hydrogens (tertiary/aromatic N) is 4. The fourth-order valence-electron chi connectivity index (χ4n) is 3.25. The smallest absolute Gasteiger partial charge is 0.290 e. The van der Waals surface area contributed by atoms with Gasteiger partial charge in [-0.25, -0.2) is 4.39 Å². The molecule has 0 aliphatic carbocycles. The van der Waals surface area contributed by atoms with Gasteiger partial charge in [0.25, 0.3) is 5.91 Å². The minimum absolute atomic E-state index is 0.201. The van der Waals surface area contributed by atoms with Crippen molar-refractivity contribution in [1.29, 1.82) is 5.26 Å². The molecule has 1 amide bonds. The maximum atomic E-state index is 13.7. The van der Waals surface area contributed by atoms with Gasteiger partial charge in [-0.1, -0.05) is 24.3 Å². The second-order valence-corrected chi connectivity index (χ2v) is 7.07. The van der Waals surface area contributed by atoms with Crippen molar-refractivity contribution in [3.63, 3.8) is 0 Å². The first kappa shape index (κ1) is 20.1. The summed E-state index contributed by atoms with van der Waals surface area (Å²) < 4.78 is 21.1. The van der Waals surface area contributed by atoms with Gasteiger partial charge in [-0.15, -0.1) is 0 Å². The molecule has 0 unspecified atom stereocenters. The second kappa shape index (κ2) is 9.09. The average Bonchev–Trinajstić information content (AvgIpc) is 3.46. The summed E-state index contributed by atoms with van der Waals surface area (Å²) >= 11 is 0. The van der Waals surface area contributed by atoms with E-state index in [1.165, 1.54) is 12.1 Å². The highest BCUT2D eigenvalue weighted by Crippen LogP contribution is 2.18. The SMILES string of the molecule is N#Cc1ccc(CN(Cc2cccc(F)c2)C(=O)c2ccc(Cn3cccn3)o2)cc1. The summed E-state index contributed by atoms with van der Waals surface area (Å²) in [6.07, 6.45) is 3.48. The van der Waals surface area contributed by atoms with E-state index < -0.39 is 0 Å². The molecule has 0 radical (unpaired) electrons. The zero-order chi connectivity index (χ0) is 21.6. The molecule has 7 heteroatoms. The molecule has 0 atom stereocenters. The van der Waals surface area contributed by atoms with Gasteiger partial charge in [0.15, 0.2) is 5.76 Å². The van der Waals surface area contributed by atoms with Crippen LogP contribution in [0.1, 0.15) is 33.0 Å². The maximum Gasteiger partial charge on any atom is 0.290 e. The Bertz CT molecular complexity index is 1210. The van der Waals surface area contributed by atoms with E-state index in [4.69, 9.17) is 9.68 Å². The quantitative estimate of drug-likeness (QED) is 0.450. The third-order valence-electron chi connectivity index (χ3n) is 4.76. The number of furan rings is 1. The molecule has 2 aromatic carbocycles. The molecule has 0 fully saturated rings. The van der Waals surface area contributed by atoms with Gasteiger partial charge in [0.2, 0.25) is 0 Å². The van der Waals surface area contributed by atoms with Crippen LogP contribution in [0.2, 0.25) is 0 Å². The number of hydrogen-bond acceptors (Lipinski definition) is 4. The molecule has 154 valence electrons. The van der Waals surface area contributed by atoms with Crippen LogP contribution >= 0.6 is 0 Å². The van der Waals surface area contributed by atoms with Gasteiger partial charge in [-0.3, -0.25) is 9.48 Å². The lowest BCUT2D eigenvalue weighted by atomic mass is 10.1. The molecular weight excluding hydrogens is 395 g/mol. The molecule has 4 aromatic rings. The van der Waals surface area contributed by atoms with Crippen LogP contribution in [-0.2, 0) is 19.6 Å². The van der Waals surface area contributed by atoms with Crippen LogP contribution in [0.5, 0.6) is 0 Å². The Labute approximate surface area is 178 Å². The van der Waals surface area contributed by atoms with Gasteiger partial charge < -0.3 is 9.32 Å². The Kier molecular flexibility index (Phi) is 5.90. The van der Waals surface area contributed by atoms with Gasteiger partial charge in [0.1, 0.15) is 11.6 Å². The number of carbonyl (C=O) groups is 1. The van der Waals surface area contributed by atoms with Crippen molar-refractivity contribution in [2.24, 2.45) is 0 Å². The van der Waals surface area contributed by atoms with Crippen molar-refractivity contribution in [1.82, 2.24) is 14.7 Å². The van der Waals surface area contributed by atoms with Crippen LogP contribution in [0.3, 0.4) is 0 Å². The van der Waals surface area contributed by atoms with Crippen LogP contribution in [0.25, 0.3) is 0 Å². The summed E-state index contributed by atoms with van der Waals surface area (Å²) in [4.78, 5) is 14.8. The number of benzene rings is 2. The summed E-state index contributed by atoms with van der Waals surface area (Å²) in [5.74, 6) is 0.145. The van der Waals surface area contributed by atoms with Gasteiger partial charge in [0.05, 0.1) is 18.2 Å². The maximum absolute atomic E-state index is 13.7. The van der Waals surface area contributed by atoms with E-state index in [2.05, 4.69) is 11.2 Å². The number of carbonyl (C=O) groups excluding carboxylic acids is 1. The Morgan fingerprint density at radius 3 is 2.58 bits per heavy atom. The highest BCUT2D eigenvalue weighted by atomic mass is 19.1. The lowest BCUT2D eigenvalue weighted by Gasteiger charge is -2.22. The van der Waals surface area contributed by atoms with Gasteiger partial charge >= 0.3 is 0 Å². The Morgan fingerprint density at radius 1 is 1.06 bits per heavy atom. The van der Waals surface area contributed by atoms with Crippen molar-refractivity contribution in [2.45, 2.75) is 19.6 Å². The first-order valence-electron chi connectivity index (χ1n) is 9.69. The molecule has 0 aliphatic rings. The second-order valence-electron chi connectivity index (χ2n) is 7.07. The minimum Gasteiger partial charge on any atom is -0.454 e. The third-order valence-corrected chi connectivity index (χ3v) is 4.76. The van der Waals surface area contributed by atoms with E-state index in [1.54, 1.807) is 64.3 Å². The summed E-state index contributed by atoms with van der Waals surface area (Å²) in [6, 6.07) is 20.4. The summed E-state index contributed by atoms with van der Waals surface area (Å²) in [7, 11) is 0. The van der Waals surface area contributed by atoms with Gasteiger partial charge in [-0.2, -0.15) is 10.4 Å². The molecule has 6 nitrogen and oxygen atoms in total. The molecule has 2 heterocycles. The van der Waals surface area contributed by atoms with Crippen LogP contribution in [0.15, 0.2) is 83.5 Å². The Morgan fingerprint density at radius 2 is 1.87 bits per heavy atom. The number of aromatic nitrogens is 2. The lowest BCUT2D eigenvalue weighted by molar-refractivity contribution is 0.0695. The van der Waals surface area contributed by atoms with Crippen molar-refractivity contribution in [3.8, 4) is 6.07 Å². The van der Waals surface area contributed by atoms with Crippen molar-refractivity contribution in [2.75, 3.05) is 0 Å². The molecule has 2 aromatic heterocycles. The lowest BCUT2D eigenvalue weighted by Crippen LogP contribution is -2.30. The molecule has 0 bridgehead atoms. The van der Waals surface area contributed by atoms with Crippen molar-refractivity contribution >= 4 is 5.91 Å². The third kappa shape index (κ3) is 5.06. The van der Waals surface area contributed by atoms with E-state index >= 15 is 0 Å². The van der Waals surface area contributed by atoms with Crippen LogP contribution < -0.4 is 0 Å². The molecule has 4 rings (SSSR count). The number of nitriles is 1. The fourth-order valence-corrected chi connectivity index (χ4v) is 3.25. The zero-order valence-corrected chi connectivity index (χ0v) is 16.6. The van der Waals surface area contributed by atoms with Crippen molar-refractivity contribution in [3.05, 3.63) is 113 Å². The van der Waals surface area contributed by atoms with Gasteiger partial charge in [0, 0.05) is 25.5 Å².